The van der Waals surface area contributed by atoms with Gasteiger partial charge in [0, 0.05) is 12.1 Å². The Morgan fingerprint density at radius 2 is 2.14 bits per heavy atom. The molecule has 0 radical (unpaired) electrons. The van der Waals surface area contributed by atoms with Crippen LogP contribution in [0.2, 0.25) is 0 Å². The van der Waals surface area contributed by atoms with Crippen LogP contribution in [0.1, 0.15) is 20.3 Å². The van der Waals surface area contributed by atoms with Gasteiger partial charge < -0.3 is 10.5 Å². The van der Waals surface area contributed by atoms with E-state index in [1.54, 1.807) is 0 Å². The molecule has 0 aliphatic heterocycles. The van der Waals surface area contributed by atoms with Gasteiger partial charge in [0.1, 0.15) is 0 Å². The van der Waals surface area contributed by atoms with Crippen LogP contribution in [0.5, 0.6) is 0 Å². The monoisotopic (exact) mass is 222 g/mol. The van der Waals surface area contributed by atoms with Crippen LogP contribution in [0.25, 0.3) is 0 Å². The second-order valence-electron chi connectivity index (χ2n) is 3.86. The van der Waals surface area contributed by atoms with E-state index >= 15 is 0 Å². The van der Waals surface area contributed by atoms with E-state index in [0.717, 1.165) is 6.42 Å². The van der Waals surface area contributed by atoms with Gasteiger partial charge in [0.05, 0.1) is 18.5 Å². The SMILES string of the molecule is CC(C)OCCS(=O)(=O)NC1CC1N. The van der Waals surface area contributed by atoms with Crippen LogP contribution in [0, 0.1) is 0 Å². The van der Waals surface area contributed by atoms with E-state index in [1.807, 2.05) is 13.8 Å². The Balaban J connectivity index is 2.21. The van der Waals surface area contributed by atoms with Crippen LogP contribution < -0.4 is 10.5 Å². The summed E-state index contributed by atoms with van der Waals surface area (Å²) in [5, 5.41) is 0. The van der Waals surface area contributed by atoms with Crippen molar-refractivity contribution in [2.45, 2.75) is 38.5 Å². The van der Waals surface area contributed by atoms with Crippen LogP contribution in [-0.4, -0.2) is 39.0 Å². The topological polar surface area (TPSA) is 81.4 Å². The number of nitrogens with one attached hydrogen (secondary N) is 1. The largest absolute Gasteiger partial charge is 0.378 e. The Morgan fingerprint density at radius 1 is 1.57 bits per heavy atom. The van der Waals surface area contributed by atoms with E-state index in [1.165, 1.54) is 0 Å². The predicted molar refractivity (Wildman–Crippen MR) is 54.4 cm³/mol. The zero-order chi connectivity index (χ0) is 10.8. The molecular formula is C8H18N2O3S. The molecule has 0 amide bonds. The summed E-state index contributed by atoms with van der Waals surface area (Å²) in [6.07, 6.45) is 0.804. The normalized spacial score (nSPS) is 26.9. The Labute approximate surface area is 85.1 Å². The highest BCUT2D eigenvalue weighted by atomic mass is 32.2. The maximum atomic E-state index is 11.4. The summed E-state index contributed by atoms with van der Waals surface area (Å²) in [7, 11) is -3.20. The lowest BCUT2D eigenvalue weighted by Gasteiger charge is -2.08. The van der Waals surface area contributed by atoms with Crippen LogP contribution in [0.4, 0.5) is 0 Å². The summed E-state index contributed by atoms with van der Waals surface area (Å²) >= 11 is 0. The second-order valence-corrected chi connectivity index (χ2v) is 5.74. The lowest BCUT2D eigenvalue weighted by molar-refractivity contribution is 0.0911. The predicted octanol–water partition coefficient (Wildman–Crippen LogP) is -0.570. The van der Waals surface area contributed by atoms with Crippen molar-refractivity contribution in [3.05, 3.63) is 0 Å². The molecule has 0 spiro atoms. The molecule has 0 aromatic carbocycles. The Bertz CT molecular complexity index is 276. The number of ether oxygens (including phenoxy) is 1. The van der Waals surface area contributed by atoms with E-state index in [2.05, 4.69) is 4.72 Å². The number of hydrogen-bond acceptors (Lipinski definition) is 4. The van der Waals surface area contributed by atoms with Crippen molar-refractivity contribution in [1.82, 2.24) is 4.72 Å². The summed E-state index contributed by atoms with van der Waals surface area (Å²) < 4.78 is 30.4. The van der Waals surface area contributed by atoms with Crippen molar-refractivity contribution in [2.24, 2.45) is 5.73 Å². The quantitative estimate of drug-likeness (QED) is 0.630. The summed E-state index contributed by atoms with van der Waals surface area (Å²) in [4.78, 5) is 0. The third-order valence-corrected chi connectivity index (χ3v) is 3.34. The molecule has 3 N–H and O–H groups in total. The molecule has 1 saturated carbocycles. The van der Waals surface area contributed by atoms with Gasteiger partial charge in [-0.2, -0.15) is 0 Å². The fraction of sp³-hybridized carbons (Fsp3) is 1.00. The molecule has 84 valence electrons. The van der Waals surface area contributed by atoms with Gasteiger partial charge in [-0.3, -0.25) is 0 Å². The first-order valence-corrected chi connectivity index (χ1v) is 6.43. The Kier molecular flexibility index (Phi) is 3.88. The van der Waals surface area contributed by atoms with Crippen molar-refractivity contribution in [3.8, 4) is 0 Å². The van der Waals surface area contributed by atoms with Gasteiger partial charge >= 0.3 is 0 Å². The summed E-state index contributed by atoms with van der Waals surface area (Å²) in [5.74, 6) is 0.00833. The van der Waals surface area contributed by atoms with Crippen LogP contribution >= 0.6 is 0 Å². The molecule has 1 aliphatic rings. The third kappa shape index (κ3) is 4.36. The zero-order valence-corrected chi connectivity index (χ0v) is 9.38. The first-order valence-electron chi connectivity index (χ1n) is 4.78. The van der Waals surface area contributed by atoms with Gasteiger partial charge in [-0.25, -0.2) is 13.1 Å². The van der Waals surface area contributed by atoms with Crippen molar-refractivity contribution in [3.63, 3.8) is 0 Å². The molecule has 14 heavy (non-hydrogen) atoms. The summed E-state index contributed by atoms with van der Waals surface area (Å²) in [5.41, 5.74) is 5.49. The van der Waals surface area contributed by atoms with Crippen molar-refractivity contribution in [1.29, 1.82) is 0 Å². The Hall–Kier alpha value is -0.170. The molecular weight excluding hydrogens is 204 g/mol. The highest BCUT2D eigenvalue weighted by Gasteiger charge is 2.36. The van der Waals surface area contributed by atoms with E-state index in [0.29, 0.717) is 0 Å². The van der Waals surface area contributed by atoms with E-state index in [4.69, 9.17) is 10.5 Å². The first kappa shape index (κ1) is 11.9. The summed E-state index contributed by atoms with van der Waals surface area (Å²) in [6, 6.07) is -0.0603. The lowest BCUT2D eigenvalue weighted by Crippen LogP contribution is -2.33. The molecule has 6 heteroatoms. The van der Waals surface area contributed by atoms with E-state index < -0.39 is 10.0 Å². The molecule has 1 rings (SSSR count). The maximum absolute atomic E-state index is 11.4. The lowest BCUT2D eigenvalue weighted by atomic mass is 10.5. The average Bonchev–Trinajstić information content (AvgIpc) is 2.63. The van der Waals surface area contributed by atoms with Gasteiger partial charge in [0.15, 0.2) is 0 Å². The molecule has 1 fully saturated rings. The van der Waals surface area contributed by atoms with Crippen LogP contribution in [0.15, 0.2) is 0 Å². The van der Waals surface area contributed by atoms with Crippen molar-refractivity contribution in [2.75, 3.05) is 12.4 Å². The molecule has 0 aromatic heterocycles. The molecule has 0 bridgehead atoms. The minimum absolute atomic E-state index is 0.00390. The fourth-order valence-electron chi connectivity index (χ4n) is 1.03. The Morgan fingerprint density at radius 3 is 2.57 bits per heavy atom. The minimum Gasteiger partial charge on any atom is -0.378 e. The van der Waals surface area contributed by atoms with Gasteiger partial charge in [-0.1, -0.05) is 0 Å². The minimum atomic E-state index is -3.20. The van der Waals surface area contributed by atoms with Crippen molar-refractivity contribution < 1.29 is 13.2 Å². The highest BCUT2D eigenvalue weighted by molar-refractivity contribution is 7.89. The molecule has 5 nitrogen and oxygen atoms in total. The highest BCUT2D eigenvalue weighted by Crippen LogP contribution is 2.18. The molecule has 2 unspecified atom stereocenters. The standard InChI is InChI=1S/C8H18N2O3S/c1-6(2)13-3-4-14(11,12)10-8-5-7(8)9/h6-8,10H,3-5,9H2,1-2H3. The molecule has 1 aliphatic carbocycles. The number of rotatable bonds is 6. The first-order chi connectivity index (χ1) is 6.41. The molecule has 0 saturated heterocycles. The zero-order valence-electron chi connectivity index (χ0n) is 8.56. The average molecular weight is 222 g/mol. The molecule has 0 aromatic rings. The smallest absolute Gasteiger partial charge is 0.214 e. The molecule has 0 heterocycles. The fourth-order valence-corrected chi connectivity index (χ4v) is 2.20. The summed E-state index contributed by atoms with van der Waals surface area (Å²) in [6.45, 7) is 3.97. The number of hydrogen-bond donors (Lipinski definition) is 2. The van der Waals surface area contributed by atoms with Gasteiger partial charge in [-0.05, 0) is 20.3 Å². The number of sulfonamides is 1. The number of nitrogens with two attached hydrogens (primary N) is 1. The molecule has 2 atom stereocenters. The maximum Gasteiger partial charge on any atom is 0.214 e. The second kappa shape index (κ2) is 4.57. The third-order valence-electron chi connectivity index (χ3n) is 1.97. The van der Waals surface area contributed by atoms with Gasteiger partial charge in [0.25, 0.3) is 0 Å². The van der Waals surface area contributed by atoms with Crippen LogP contribution in [-0.2, 0) is 14.8 Å². The van der Waals surface area contributed by atoms with Gasteiger partial charge in [0.2, 0.25) is 10.0 Å². The van der Waals surface area contributed by atoms with E-state index in [9.17, 15) is 8.42 Å². The van der Waals surface area contributed by atoms with E-state index in [-0.39, 0.29) is 30.5 Å². The van der Waals surface area contributed by atoms with Gasteiger partial charge in [-0.15, -0.1) is 0 Å². The van der Waals surface area contributed by atoms with Crippen molar-refractivity contribution >= 4 is 10.0 Å². The van der Waals surface area contributed by atoms with Crippen LogP contribution in [0.3, 0.4) is 0 Å².